The molecule has 0 atom stereocenters. The van der Waals surface area contributed by atoms with Crippen LogP contribution in [0.25, 0.3) is 0 Å². The van der Waals surface area contributed by atoms with Crippen LogP contribution in [0, 0.1) is 12.7 Å². The van der Waals surface area contributed by atoms with Crippen LogP contribution in [0.2, 0.25) is 0 Å². The van der Waals surface area contributed by atoms with Gasteiger partial charge < -0.3 is 14.2 Å². The van der Waals surface area contributed by atoms with Crippen molar-refractivity contribution in [3.63, 3.8) is 0 Å². The van der Waals surface area contributed by atoms with Gasteiger partial charge in [-0.25, -0.2) is 4.39 Å². The summed E-state index contributed by atoms with van der Waals surface area (Å²) < 4.78 is 23.5. The second-order valence-corrected chi connectivity index (χ2v) is 4.40. The number of nitrogens with zero attached hydrogens (tertiary/aromatic N) is 3. The molecule has 0 unspecified atom stereocenters. The molecule has 0 saturated carbocycles. The molecular weight excluding hydrogens is 277 g/mol. The zero-order chi connectivity index (χ0) is 15.4. The summed E-state index contributed by atoms with van der Waals surface area (Å²) in [4.78, 5) is 17.9. The molecule has 0 aliphatic rings. The maximum atomic E-state index is 13.7. The molecule has 1 aromatic heterocycles. The van der Waals surface area contributed by atoms with Gasteiger partial charge in [0.15, 0.2) is 17.4 Å². The standard InChI is InChI=1S/C14H16FN3O3/c1-4-18(8-13-16-9(2)17-21-13)14(19)10-5-6-12(20-3)11(15)7-10/h5-7H,4,8H2,1-3H3. The van der Waals surface area contributed by atoms with Crippen LogP contribution in [0.5, 0.6) is 5.75 Å². The molecule has 0 spiro atoms. The molecule has 21 heavy (non-hydrogen) atoms. The van der Waals surface area contributed by atoms with Gasteiger partial charge in [0.05, 0.1) is 7.11 Å². The Morgan fingerprint density at radius 3 is 2.76 bits per heavy atom. The number of methoxy groups -OCH3 is 1. The van der Waals surface area contributed by atoms with Crippen molar-refractivity contribution in [1.29, 1.82) is 0 Å². The summed E-state index contributed by atoms with van der Waals surface area (Å²) in [6.45, 7) is 4.14. The van der Waals surface area contributed by atoms with E-state index in [-0.39, 0.29) is 23.8 Å². The van der Waals surface area contributed by atoms with Gasteiger partial charge >= 0.3 is 0 Å². The van der Waals surface area contributed by atoms with Crippen molar-refractivity contribution in [2.75, 3.05) is 13.7 Å². The van der Waals surface area contributed by atoms with Gasteiger partial charge in [-0.05, 0) is 32.0 Å². The molecular formula is C14H16FN3O3. The average Bonchev–Trinajstić information content (AvgIpc) is 2.89. The molecule has 0 saturated heterocycles. The second kappa shape index (κ2) is 6.34. The number of ether oxygens (including phenoxy) is 1. The van der Waals surface area contributed by atoms with Gasteiger partial charge in [0.2, 0.25) is 5.89 Å². The van der Waals surface area contributed by atoms with Gasteiger partial charge in [0.25, 0.3) is 5.91 Å². The number of amides is 1. The van der Waals surface area contributed by atoms with Gasteiger partial charge in [0, 0.05) is 12.1 Å². The number of rotatable bonds is 5. The second-order valence-electron chi connectivity index (χ2n) is 4.40. The zero-order valence-electron chi connectivity index (χ0n) is 12.1. The molecule has 1 amide bonds. The van der Waals surface area contributed by atoms with Crippen LogP contribution in [0.3, 0.4) is 0 Å². The van der Waals surface area contributed by atoms with E-state index in [0.29, 0.717) is 18.3 Å². The van der Waals surface area contributed by atoms with E-state index >= 15 is 0 Å². The first-order valence-corrected chi connectivity index (χ1v) is 6.47. The molecule has 0 radical (unpaired) electrons. The van der Waals surface area contributed by atoms with E-state index < -0.39 is 5.82 Å². The van der Waals surface area contributed by atoms with Crippen LogP contribution in [0.1, 0.15) is 29.0 Å². The summed E-state index contributed by atoms with van der Waals surface area (Å²) >= 11 is 0. The van der Waals surface area contributed by atoms with E-state index in [9.17, 15) is 9.18 Å². The maximum absolute atomic E-state index is 13.7. The topological polar surface area (TPSA) is 68.5 Å². The van der Waals surface area contributed by atoms with Crippen LogP contribution in [-0.4, -0.2) is 34.6 Å². The molecule has 0 bridgehead atoms. The van der Waals surface area contributed by atoms with Gasteiger partial charge in [-0.3, -0.25) is 4.79 Å². The predicted octanol–water partition coefficient (Wildman–Crippen LogP) is 2.19. The maximum Gasteiger partial charge on any atom is 0.254 e. The highest BCUT2D eigenvalue weighted by Crippen LogP contribution is 2.19. The summed E-state index contributed by atoms with van der Waals surface area (Å²) in [6, 6.07) is 4.10. The number of halogens is 1. The summed E-state index contributed by atoms with van der Waals surface area (Å²) in [5.74, 6) is 0.0609. The van der Waals surface area contributed by atoms with Crippen LogP contribution in [0.4, 0.5) is 4.39 Å². The minimum atomic E-state index is -0.576. The van der Waals surface area contributed by atoms with Crippen molar-refractivity contribution in [2.45, 2.75) is 20.4 Å². The third-order valence-corrected chi connectivity index (χ3v) is 2.96. The largest absolute Gasteiger partial charge is 0.494 e. The SMILES string of the molecule is CCN(Cc1nc(C)no1)C(=O)c1ccc(OC)c(F)c1. The lowest BCUT2D eigenvalue weighted by Gasteiger charge is -2.19. The van der Waals surface area contributed by atoms with E-state index in [1.165, 1.54) is 24.1 Å². The van der Waals surface area contributed by atoms with Gasteiger partial charge in [-0.1, -0.05) is 5.16 Å². The number of hydrogen-bond acceptors (Lipinski definition) is 5. The number of carbonyl (C=O) groups excluding carboxylic acids is 1. The molecule has 0 fully saturated rings. The molecule has 0 N–H and O–H groups in total. The quantitative estimate of drug-likeness (QED) is 0.845. The number of aromatic nitrogens is 2. The minimum absolute atomic E-state index is 0.0992. The Balaban J connectivity index is 2.17. The van der Waals surface area contributed by atoms with Crippen LogP contribution < -0.4 is 4.74 Å². The van der Waals surface area contributed by atoms with Gasteiger partial charge in [-0.2, -0.15) is 4.98 Å². The molecule has 7 heteroatoms. The normalized spacial score (nSPS) is 10.5. The molecule has 2 aromatic rings. The smallest absolute Gasteiger partial charge is 0.254 e. The Hall–Kier alpha value is -2.44. The fourth-order valence-electron chi connectivity index (χ4n) is 1.88. The molecule has 1 heterocycles. The van der Waals surface area contributed by atoms with E-state index in [1.54, 1.807) is 6.92 Å². The van der Waals surface area contributed by atoms with E-state index in [1.807, 2.05) is 6.92 Å². The molecule has 0 aliphatic carbocycles. The molecule has 0 aliphatic heterocycles. The summed E-state index contributed by atoms with van der Waals surface area (Å²) in [6.07, 6.45) is 0. The molecule has 2 rings (SSSR count). The summed E-state index contributed by atoms with van der Waals surface area (Å²) in [7, 11) is 1.37. The number of benzene rings is 1. The summed E-state index contributed by atoms with van der Waals surface area (Å²) in [5, 5.41) is 3.67. The van der Waals surface area contributed by atoms with Crippen molar-refractivity contribution in [3.8, 4) is 5.75 Å². The fourth-order valence-corrected chi connectivity index (χ4v) is 1.88. The predicted molar refractivity (Wildman–Crippen MR) is 72.4 cm³/mol. The third kappa shape index (κ3) is 3.36. The first-order chi connectivity index (χ1) is 10.0. The van der Waals surface area contributed by atoms with Gasteiger partial charge in [-0.15, -0.1) is 0 Å². The number of hydrogen-bond donors (Lipinski definition) is 0. The highest BCUT2D eigenvalue weighted by atomic mass is 19.1. The average molecular weight is 293 g/mol. The Morgan fingerprint density at radius 1 is 1.48 bits per heavy atom. The van der Waals surface area contributed by atoms with Crippen LogP contribution in [-0.2, 0) is 6.54 Å². The lowest BCUT2D eigenvalue weighted by Crippen LogP contribution is -2.30. The Labute approximate surface area is 121 Å². The summed E-state index contributed by atoms with van der Waals surface area (Å²) in [5.41, 5.74) is 0.242. The highest BCUT2D eigenvalue weighted by Gasteiger charge is 2.18. The van der Waals surface area contributed by atoms with Crippen molar-refractivity contribution in [3.05, 3.63) is 41.3 Å². The van der Waals surface area contributed by atoms with Crippen LogP contribution in [0.15, 0.2) is 22.7 Å². The van der Waals surface area contributed by atoms with E-state index in [4.69, 9.17) is 9.26 Å². The Kier molecular flexibility index (Phi) is 4.52. The fraction of sp³-hybridized carbons (Fsp3) is 0.357. The Bertz CT molecular complexity index is 642. The first-order valence-electron chi connectivity index (χ1n) is 6.47. The molecule has 1 aromatic carbocycles. The molecule has 6 nitrogen and oxygen atoms in total. The minimum Gasteiger partial charge on any atom is -0.494 e. The third-order valence-electron chi connectivity index (χ3n) is 2.96. The number of carbonyl (C=O) groups is 1. The highest BCUT2D eigenvalue weighted by molar-refractivity contribution is 5.94. The van der Waals surface area contributed by atoms with E-state index in [0.717, 1.165) is 6.07 Å². The van der Waals surface area contributed by atoms with Crippen molar-refractivity contribution >= 4 is 5.91 Å². The first kappa shape index (κ1) is 15.0. The monoisotopic (exact) mass is 293 g/mol. The molecule has 112 valence electrons. The lowest BCUT2D eigenvalue weighted by atomic mass is 10.2. The van der Waals surface area contributed by atoms with Crippen LogP contribution >= 0.6 is 0 Å². The van der Waals surface area contributed by atoms with E-state index in [2.05, 4.69) is 10.1 Å². The van der Waals surface area contributed by atoms with Crippen molar-refractivity contribution in [2.24, 2.45) is 0 Å². The van der Waals surface area contributed by atoms with Crippen molar-refractivity contribution < 1.29 is 18.4 Å². The Morgan fingerprint density at radius 2 is 2.24 bits per heavy atom. The van der Waals surface area contributed by atoms with Gasteiger partial charge in [0.1, 0.15) is 6.54 Å². The zero-order valence-corrected chi connectivity index (χ0v) is 12.1. The number of aryl methyl sites for hydroxylation is 1. The lowest BCUT2D eigenvalue weighted by molar-refractivity contribution is 0.0734. The van der Waals surface area contributed by atoms with Crippen molar-refractivity contribution in [1.82, 2.24) is 15.0 Å².